The Morgan fingerprint density at radius 3 is 2.19 bits per heavy atom. The van der Waals surface area contributed by atoms with Crippen molar-refractivity contribution in [2.75, 3.05) is 0 Å². The summed E-state index contributed by atoms with van der Waals surface area (Å²) in [7, 11) is 0. The van der Waals surface area contributed by atoms with Crippen LogP contribution in [0.3, 0.4) is 0 Å². The van der Waals surface area contributed by atoms with Gasteiger partial charge < -0.3 is 9.05 Å². The molecule has 0 aliphatic carbocycles. The van der Waals surface area contributed by atoms with Crippen molar-refractivity contribution in [1.29, 1.82) is 0 Å². The summed E-state index contributed by atoms with van der Waals surface area (Å²) in [4.78, 5) is 44.6. The molecule has 0 N–H and O–H groups in total. The molecule has 0 unspecified atom stereocenters. The zero-order chi connectivity index (χ0) is 11.7. The minimum absolute atomic E-state index is 0.186. The van der Waals surface area contributed by atoms with Crippen LogP contribution in [0.1, 0.15) is 0 Å². The molecule has 0 spiro atoms. The van der Waals surface area contributed by atoms with Gasteiger partial charge in [-0.3, -0.25) is 4.79 Å². The Morgan fingerprint density at radius 2 is 1.50 bits per heavy atom. The highest BCUT2D eigenvalue weighted by Gasteiger charge is 2.00. The molecule has 2 aromatic heterocycles. The van der Waals surface area contributed by atoms with Crippen molar-refractivity contribution in [2.24, 2.45) is 0 Å². The minimum Gasteiger partial charge on any atom is -0.327 e. The number of rotatable bonds is 0. The van der Waals surface area contributed by atoms with E-state index in [1.807, 2.05) is 0 Å². The number of hydrogen-bond donors (Lipinski definition) is 0. The Kier molecular flexibility index (Phi) is 2.16. The molecule has 16 heavy (non-hydrogen) atoms. The first kappa shape index (κ1) is 9.90. The first-order chi connectivity index (χ1) is 7.58. The van der Waals surface area contributed by atoms with Gasteiger partial charge in [0.2, 0.25) is 0 Å². The molecule has 2 heterocycles. The first-order valence-electron chi connectivity index (χ1n) is 4.05. The molecule has 0 aliphatic heterocycles. The van der Waals surface area contributed by atoms with Gasteiger partial charge in [0.25, 0.3) is 5.56 Å². The van der Waals surface area contributed by atoms with Crippen LogP contribution >= 0.6 is 0 Å². The van der Waals surface area contributed by atoms with Gasteiger partial charge in [0.05, 0.1) is 6.20 Å². The molecule has 2 rings (SSSR count). The van der Waals surface area contributed by atoms with E-state index >= 15 is 0 Å². The summed E-state index contributed by atoms with van der Waals surface area (Å²) in [6.45, 7) is 0. The molecule has 0 aromatic carbocycles. The molecular weight excluding hydrogens is 220 g/mol. The summed E-state index contributed by atoms with van der Waals surface area (Å²) < 4.78 is 9.56. The largest absolute Gasteiger partial charge is 0.398 e. The van der Waals surface area contributed by atoms with Crippen LogP contribution in [-0.2, 0) is 0 Å². The van der Waals surface area contributed by atoms with Crippen molar-refractivity contribution in [1.82, 2.24) is 9.15 Å². The zero-order valence-corrected chi connectivity index (χ0v) is 7.65. The molecule has 0 radical (unpaired) electrons. The van der Waals surface area contributed by atoms with E-state index in [2.05, 4.69) is 9.05 Å². The fourth-order valence-corrected chi connectivity index (χ4v) is 0.984. The quantitative estimate of drug-likeness (QED) is 0.524. The molecule has 0 saturated heterocycles. The van der Waals surface area contributed by atoms with Crippen LogP contribution in [0.15, 0.2) is 52.6 Å². The molecule has 0 saturated carbocycles. The maximum atomic E-state index is 11.4. The Labute approximate surface area is 85.2 Å². The van der Waals surface area contributed by atoms with Crippen LogP contribution in [0.2, 0.25) is 0 Å². The summed E-state index contributed by atoms with van der Waals surface area (Å²) in [5.41, 5.74) is -3.90. The number of aromatic nitrogens is 2. The van der Waals surface area contributed by atoms with Crippen molar-refractivity contribution in [3.8, 4) is 0 Å². The lowest BCUT2D eigenvalue weighted by molar-refractivity contribution is 0.255. The summed E-state index contributed by atoms with van der Waals surface area (Å²) >= 11 is 0. The minimum atomic E-state index is -1.09. The van der Waals surface area contributed by atoms with E-state index in [0.29, 0.717) is 4.57 Å². The Bertz CT molecular complexity index is 790. The lowest BCUT2D eigenvalue weighted by Crippen LogP contribution is -2.31. The summed E-state index contributed by atoms with van der Waals surface area (Å²) in [6.07, 6.45) is 0.950. The van der Waals surface area contributed by atoms with E-state index in [1.54, 1.807) is 0 Å². The van der Waals surface area contributed by atoms with E-state index in [4.69, 9.17) is 0 Å². The highest BCUT2D eigenvalue weighted by atomic mass is 16.5. The molecule has 8 nitrogen and oxygen atoms in total. The highest BCUT2D eigenvalue weighted by molar-refractivity contribution is 4.83. The number of hydrogen-bond acceptors (Lipinski definition) is 6. The van der Waals surface area contributed by atoms with Gasteiger partial charge in [-0.05, 0) is 0 Å². The van der Waals surface area contributed by atoms with E-state index in [9.17, 15) is 19.2 Å². The third-order valence-electron chi connectivity index (χ3n) is 1.64. The van der Waals surface area contributed by atoms with Gasteiger partial charge in [-0.25, -0.2) is 14.4 Å². The SMILES string of the molecule is O=c1ccc(=O)on2c(=O)ccn(o1)c2=O. The monoisotopic (exact) mass is 224 g/mol. The van der Waals surface area contributed by atoms with Crippen molar-refractivity contribution in [3.05, 3.63) is 66.1 Å². The van der Waals surface area contributed by atoms with Crippen LogP contribution in [0.5, 0.6) is 0 Å². The molecule has 82 valence electrons. The molecule has 0 aliphatic rings. The average molecular weight is 224 g/mol. The second kappa shape index (κ2) is 3.50. The maximum Gasteiger partial charge on any atom is 0.398 e. The second-order valence-electron chi connectivity index (χ2n) is 2.71. The van der Waals surface area contributed by atoms with Gasteiger partial charge in [0, 0.05) is 18.2 Å². The van der Waals surface area contributed by atoms with Crippen LogP contribution < -0.4 is 22.5 Å². The zero-order valence-electron chi connectivity index (χ0n) is 7.65. The molecule has 0 fully saturated rings. The number of fused-ring (bicyclic) bond motifs is 2. The van der Waals surface area contributed by atoms with E-state index in [-0.39, 0.29) is 4.57 Å². The van der Waals surface area contributed by atoms with Crippen molar-refractivity contribution >= 4 is 0 Å². The van der Waals surface area contributed by atoms with Crippen LogP contribution in [0, 0.1) is 0 Å². The number of nitrogens with zero attached hydrogens (tertiary/aromatic N) is 2. The van der Waals surface area contributed by atoms with Crippen molar-refractivity contribution in [3.63, 3.8) is 0 Å². The fraction of sp³-hybridized carbons (Fsp3) is 0. The maximum absolute atomic E-state index is 11.4. The summed E-state index contributed by atoms with van der Waals surface area (Å²) in [5.74, 6) is 0. The molecule has 8 heteroatoms. The highest BCUT2D eigenvalue weighted by Crippen LogP contribution is 1.70. The molecule has 0 amide bonds. The van der Waals surface area contributed by atoms with Gasteiger partial charge in [0.1, 0.15) is 0 Å². The summed E-state index contributed by atoms with van der Waals surface area (Å²) in [6, 6.07) is 2.42. The third kappa shape index (κ3) is 1.63. The van der Waals surface area contributed by atoms with Crippen molar-refractivity contribution in [2.45, 2.75) is 0 Å². The Hall–Kier alpha value is -2.64. The van der Waals surface area contributed by atoms with Crippen molar-refractivity contribution < 1.29 is 9.05 Å². The standard InChI is InChI=1S/C8H4N2O6/c11-5-3-4-9-8(14)10(5)16-7(13)2-1-6(12)15-9/h1-4H. The van der Waals surface area contributed by atoms with E-state index < -0.39 is 22.5 Å². The average Bonchev–Trinajstić information content (AvgIpc) is 2.27. The summed E-state index contributed by atoms with van der Waals surface area (Å²) in [5, 5.41) is 0. The Morgan fingerprint density at radius 1 is 0.875 bits per heavy atom. The lowest BCUT2D eigenvalue weighted by atomic mass is 10.6. The molecule has 0 atom stereocenters. The molecule has 2 aromatic rings. The van der Waals surface area contributed by atoms with Gasteiger partial charge in [-0.1, -0.05) is 4.57 Å². The normalized spacial score (nSPS) is 10.2. The lowest BCUT2D eigenvalue weighted by Gasteiger charge is -1.89. The van der Waals surface area contributed by atoms with Gasteiger partial charge in [0.15, 0.2) is 0 Å². The smallest absolute Gasteiger partial charge is 0.327 e. The predicted molar refractivity (Wildman–Crippen MR) is 49.3 cm³/mol. The third-order valence-corrected chi connectivity index (χ3v) is 1.64. The van der Waals surface area contributed by atoms with Gasteiger partial charge in [-0.2, -0.15) is 0 Å². The van der Waals surface area contributed by atoms with Crippen LogP contribution in [0.25, 0.3) is 0 Å². The van der Waals surface area contributed by atoms with Gasteiger partial charge >= 0.3 is 16.9 Å². The second-order valence-corrected chi connectivity index (χ2v) is 2.71. The predicted octanol–water partition coefficient (Wildman–Crippen LogP) is -1.77. The topological polar surface area (TPSA) is 103 Å². The van der Waals surface area contributed by atoms with E-state index in [0.717, 1.165) is 24.4 Å². The first-order valence-corrected chi connectivity index (χ1v) is 4.05. The molecular formula is C8H4N2O6. The fourth-order valence-electron chi connectivity index (χ4n) is 0.984. The van der Waals surface area contributed by atoms with Gasteiger partial charge in [-0.15, -0.1) is 4.57 Å². The van der Waals surface area contributed by atoms with Crippen LogP contribution in [-0.4, -0.2) is 9.15 Å². The van der Waals surface area contributed by atoms with E-state index in [1.165, 1.54) is 0 Å². The Balaban J connectivity index is 3.28. The van der Waals surface area contributed by atoms with Crippen LogP contribution in [0.4, 0.5) is 0 Å². The molecule has 2 bridgehead atoms.